The van der Waals surface area contributed by atoms with Gasteiger partial charge in [-0.1, -0.05) is 18.2 Å². The summed E-state index contributed by atoms with van der Waals surface area (Å²) in [6, 6.07) is 9.39. The molecule has 0 aromatic heterocycles. The molecule has 0 radical (unpaired) electrons. The number of benzene rings is 1. The molecule has 0 saturated heterocycles. The van der Waals surface area contributed by atoms with E-state index in [2.05, 4.69) is 15.4 Å². The molecule has 0 aliphatic heterocycles. The van der Waals surface area contributed by atoms with E-state index in [9.17, 15) is 9.00 Å². The molecule has 0 fully saturated rings. The fourth-order valence-electron chi connectivity index (χ4n) is 1.59. The molecule has 0 saturated carbocycles. The van der Waals surface area contributed by atoms with Crippen LogP contribution in [-0.4, -0.2) is 28.3 Å². The molecule has 1 aromatic carbocycles. The SMILES string of the molecule is O=CN(CCCCCOS(=O)(O)=S)c1ccccc1. The van der Waals surface area contributed by atoms with Gasteiger partial charge in [0.1, 0.15) is 0 Å². The van der Waals surface area contributed by atoms with Gasteiger partial charge < -0.3 is 4.90 Å². The Morgan fingerprint density at radius 2 is 1.95 bits per heavy atom. The lowest BCUT2D eigenvalue weighted by Gasteiger charge is -2.17. The largest absolute Gasteiger partial charge is 0.315 e. The van der Waals surface area contributed by atoms with Gasteiger partial charge in [-0.05, 0) is 31.4 Å². The van der Waals surface area contributed by atoms with Crippen molar-refractivity contribution < 1.29 is 17.7 Å². The van der Waals surface area contributed by atoms with E-state index in [-0.39, 0.29) is 6.61 Å². The predicted molar refractivity (Wildman–Crippen MR) is 77.8 cm³/mol. The van der Waals surface area contributed by atoms with E-state index in [4.69, 9.17) is 4.55 Å². The molecule has 1 aromatic rings. The highest BCUT2D eigenvalue weighted by Gasteiger charge is 2.04. The first-order valence-corrected chi connectivity index (χ1v) is 8.28. The molecule has 0 aliphatic rings. The van der Waals surface area contributed by atoms with Crippen molar-refractivity contribution >= 4 is 32.3 Å². The van der Waals surface area contributed by atoms with Crippen molar-refractivity contribution in [2.24, 2.45) is 0 Å². The van der Waals surface area contributed by atoms with E-state index in [0.717, 1.165) is 24.9 Å². The zero-order valence-corrected chi connectivity index (χ0v) is 12.1. The van der Waals surface area contributed by atoms with Crippen molar-refractivity contribution in [3.05, 3.63) is 30.3 Å². The van der Waals surface area contributed by atoms with Gasteiger partial charge in [0.05, 0.1) is 6.61 Å². The Morgan fingerprint density at radius 3 is 2.53 bits per heavy atom. The monoisotopic (exact) mass is 303 g/mol. The van der Waals surface area contributed by atoms with Gasteiger partial charge >= 0.3 is 0 Å². The molecule has 106 valence electrons. The molecular weight excluding hydrogens is 286 g/mol. The lowest BCUT2D eigenvalue weighted by atomic mass is 10.2. The number of carbonyl (C=O) groups is 1. The fraction of sp³-hybridized carbons (Fsp3) is 0.417. The molecule has 5 nitrogen and oxygen atoms in total. The summed E-state index contributed by atoms with van der Waals surface area (Å²) in [4.78, 5) is 12.6. The van der Waals surface area contributed by atoms with Gasteiger partial charge in [0, 0.05) is 23.4 Å². The topological polar surface area (TPSA) is 66.8 Å². The number of para-hydroxylation sites is 1. The molecule has 7 heteroatoms. The molecule has 1 atom stereocenters. The average Bonchev–Trinajstić information content (AvgIpc) is 2.38. The second-order valence-electron chi connectivity index (χ2n) is 3.94. The minimum absolute atomic E-state index is 0.158. The highest BCUT2D eigenvalue weighted by molar-refractivity contribution is 8.27. The lowest BCUT2D eigenvalue weighted by Crippen LogP contribution is -2.22. The van der Waals surface area contributed by atoms with Crippen LogP contribution in [0.1, 0.15) is 19.3 Å². The van der Waals surface area contributed by atoms with Crippen LogP contribution in [0.15, 0.2) is 30.3 Å². The van der Waals surface area contributed by atoms with E-state index in [1.54, 1.807) is 4.90 Å². The Balaban J connectivity index is 2.23. The molecule has 0 heterocycles. The summed E-state index contributed by atoms with van der Waals surface area (Å²) in [5.41, 5.74) is 0.859. The van der Waals surface area contributed by atoms with Gasteiger partial charge in [-0.15, -0.1) is 0 Å². The van der Waals surface area contributed by atoms with Crippen molar-refractivity contribution in [1.29, 1.82) is 0 Å². The molecule has 0 spiro atoms. The Labute approximate surface area is 118 Å². The van der Waals surface area contributed by atoms with Crippen LogP contribution in [0.5, 0.6) is 0 Å². The molecule has 0 aliphatic carbocycles. The van der Waals surface area contributed by atoms with Gasteiger partial charge in [0.2, 0.25) is 6.41 Å². The number of nitrogens with zero attached hydrogens (tertiary/aromatic N) is 1. The Bertz CT molecular complexity index is 476. The third-order valence-corrected chi connectivity index (χ3v) is 3.24. The van der Waals surface area contributed by atoms with Gasteiger partial charge in [0.15, 0.2) is 0 Å². The molecule has 1 amide bonds. The minimum Gasteiger partial charge on any atom is -0.315 e. The number of amides is 1. The molecule has 1 N–H and O–H groups in total. The number of anilines is 1. The van der Waals surface area contributed by atoms with E-state index in [0.29, 0.717) is 13.0 Å². The summed E-state index contributed by atoms with van der Waals surface area (Å²) in [6.45, 7) is 0.765. The van der Waals surface area contributed by atoms with Gasteiger partial charge in [-0.2, -0.15) is 4.21 Å². The van der Waals surface area contributed by atoms with Crippen molar-refractivity contribution in [2.75, 3.05) is 18.1 Å². The minimum atomic E-state index is -3.51. The van der Waals surface area contributed by atoms with Gasteiger partial charge in [0.25, 0.3) is 9.05 Å². The van der Waals surface area contributed by atoms with Crippen LogP contribution in [-0.2, 0) is 29.2 Å². The van der Waals surface area contributed by atoms with Crippen LogP contribution in [0.2, 0.25) is 0 Å². The van der Waals surface area contributed by atoms with Crippen LogP contribution in [0.4, 0.5) is 5.69 Å². The maximum atomic E-state index is 11.0. The predicted octanol–water partition coefficient (Wildman–Crippen LogP) is 1.97. The normalized spacial score (nSPS) is 13.7. The number of rotatable bonds is 9. The number of carbonyl (C=O) groups excluding carboxylic acids is 1. The van der Waals surface area contributed by atoms with Crippen LogP contribution in [0, 0.1) is 0 Å². The van der Waals surface area contributed by atoms with Crippen molar-refractivity contribution in [3.8, 4) is 0 Å². The highest BCUT2D eigenvalue weighted by Crippen LogP contribution is 2.12. The number of hydrogen-bond acceptors (Lipinski definition) is 4. The Hall–Kier alpha value is -1.02. The quantitative estimate of drug-likeness (QED) is 0.558. The summed E-state index contributed by atoms with van der Waals surface area (Å²) in [5, 5.41) is 0. The first-order valence-electron chi connectivity index (χ1n) is 5.92. The zero-order valence-electron chi connectivity index (χ0n) is 10.4. The van der Waals surface area contributed by atoms with Crippen molar-refractivity contribution in [1.82, 2.24) is 0 Å². The molecule has 0 bridgehead atoms. The van der Waals surface area contributed by atoms with Crippen LogP contribution < -0.4 is 4.90 Å². The zero-order chi connectivity index (χ0) is 14.1. The van der Waals surface area contributed by atoms with Crippen LogP contribution >= 0.6 is 0 Å². The summed E-state index contributed by atoms with van der Waals surface area (Å²) in [7, 11) is -3.51. The third-order valence-electron chi connectivity index (χ3n) is 2.49. The standard InChI is InChI=1S/C12H17NO4S2/c14-11-13(12-7-3-1-4-8-12)9-5-2-6-10-17-19(15,16)18/h1,3-4,7-8,11H,2,5-6,9-10H2,(H,15,16,18). The second kappa shape index (κ2) is 8.21. The average molecular weight is 303 g/mol. The maximum absolute atomic E-state index is 11.0. The summed E-state index contributed by atoms with van der Waals surface area (Å²) in [6.07, 6.45) is 3.02. The highest BCUT2D eigenvalue weighted by atomic mass is 32.9. The van der Waals surface area contributed by atoms with Crippen molar-refractivity contribution in [2.45, 2.75) is 19.3 Å². The van der Waals surface area contributed by atoms with E-state index in [1.165, 1.54) is 0 Å². The smallest absolute Gasteiger partial charge is 0.266 e. The van der Waals surface area contributed by atoms with E-state index in [1.807, 2.05) is 30.3 Å². The first kappa shape index (κ1) is 16.0. The molecule has 1 unspecified atom stereocenters. The van der Waals surface area contributed by atoms with Crippen LogP contribution in [0.3, 0.4) is 0 Å². The molecule has 1 rings (SSSR count). The van der Waals surface area contributed by atoms with E-state index >= 15 is 0 Å². The maximum Gasteiger partial charge on any atom is 0.266 e. The second-order valence-corrected chi connectivity index (χ2v) is 6.30. The lowest BCUT2D eigenvalue weighted by molar-refractivity contribution is -0.107. The van der Waals surface area contributed by atoms with Crippen LogP contribution in [0.25, 0.3) is 0 Å². The third kappa shape index (κ3) is 7.22. The first-order chi connectivity index (χ1) is 9.03. The summed E-state index contributed by atoms with van der Waals surface area (Å²) in [5.74, 6) is 0. The van der Waals surface area contributed by atoms with Gasteiger partial charge in [-0.3, -0.25) is 13.5 Å². The number of hydrogen-bond donors (Lipinski definition) is 1. The summed E-state index contributed by atoms with van der Waals surface area (Å²) < 4.78 is 23.9. The Kier molecular flexibility index (Phi) is 6.93. The summed E-state index contributed by atoms with van der Waals surface area (Å²) >= 11 is 4.19. The van der Waals surface area contributed by atoms with E-state index < -0.39 is 9.05 Å². The van der Waals surface area contributed by atoms with Gasteiger partial charge in [-0.25, -0.2) is 0 Å². The molecule has 19 heavy (non-hydrogen) atoms. The Morgan fingerprint density at radius 1 is 1.26 bits per heavy atom. The number of unbranched alkanes of at least 4 members (excludes halogenated alkanes) is 2. The molecular formula is C12H17NO4S2. The fourth-order valence-corrected chi connectivity index (χ4v) is 2.12. The van der Waals surface area contributed by atoms with Crippen molar-refractivity contribution in [3.63, 3.8) is 0 Å².